The van der Waals surface area contributed by atoms with Crippen molar-refractivity contribution in [2.45, 2.75) is 25.7 Å². The molecule has 0 heterocycles. The average molecular weight is 272 g/mol. The van der Waals surface area contributed by atoms with Crippen molar-refractivity contribution in [3.63, 3.8) is 0 Å². The Morgan fingerprint density at radius 3 is 2.58 bits per heavy atom. The molecule has 0 aromatic heterocycles. The van der Waals surface area contributed by atoms with Crippen LogP contribution in [0.5, 0.6) is 0 Å². The van der Waals surface area contributed by atoms with E-state index in [1.54, 1.807) is 0 Å². The first-order valence-corrected chi connectivity index (χ1v) is 7.21. The van der Waals surface area contributed by atoms with E-state index < -0.39 is 0 Å². The summed E-state index contributed by atoms with van der Waals surface area (Å²) in [5, 5.41) is 4.13. The van der Waals surface area contributed by atoms with Crippen LogP contribution in [0.3, 0.4) is 0 Å². The van der Waals surface area contributed by atoms with Crippen LogP contribution in [0.1, 0.15) is 28.7 Å². The van der Waals surface area contributed by atoms with Crippen molar-refractivity contribution in [3.05, 3.63) is 63.7 Å². The van der Waals surface area contributed by atoms with Crippen molar-refractivity contribution in [1.82, 2.24) is 0 Å². The summed E-state index contributed by atoms with van der Waals surface area (Å²) in [6, 6.07) is 13.0. The normalized spacial score (nSPS) is 13.4. The molecule has 98 valence electrons. The third kappa shape index (κ3) is 2.48. The van der Waals surface area contributed by atoms with Crippen molar-refractivity contribution in [1.29, 1.82) is 0 Å². The Morgan fingerprint density at radius 1 is 1.05 bits per heavy atom. The Bertz CT molecular complexity index is 587. The summed E-state index contributed by atoms with van der Waals surface area (Å²) in [5.41, 5.74) is 6.52. The van der Waals surface area contributed by atoms with Gasteiger partial charge in [0.05, 0.1) is 0 Å². The fraction of sp³-hybridized carbons (Fsp3) is 0.294. The van der Waals surface area contributed by atoms with Crippen LogP contribution in [0.15, 0.2) is 36.4 Å². The summed E-state index contributed by atoms with van der Waals surface area (Å²) in [7, 11) is 1.94. The van der Waals surface area contributed by atoms with E-state index in [1.165, 1.54) is 35.1 Å². The van der Waals surface area contributed by atoms with Crippen LogP contribution in [0.2, 0.25) is 5.02 Å². The third-order valence-corrected chi connectivity index (χ3v) is 4.40. The van der Waals surface area contributed by atoms with Gasteiger partial charge in [-0.3, -0.25) is 0 Å². The highest BCUT2D eigenvalue weighted by Gasteiger charge is 2.16. The Morgan fingerprint density at radius 2 is 1.84 bits per heavy atom. The third-order valence-electron chi connectivity index (χ3n) is 3.93. The van der Waals surface area contributed by atoms with Gasteiger partial charge in [0.25, 0.3) is 0 Å². The highest BCUT2D eigenvalue weighted by Crippen LogP contribution is 2.32. The van der Waals surface area contributed by atoms with Gasteiger partial charge in [-0.05, 0) is 60.1 Å². The van der Waals surface area contributed by atoms with Gasteiger partial charge in [0.15, 0.2) is 0 Å². The highest BCUT2D eigenvalue weighted by atomic mass is 35.5. The van der Waals surface area contributed by atoms with E-state index in [9.17, 15) is 0 Å². The molecule has 0 aliphatic heterocycles. The second-order valence-corrected chi connectivity index (χ2v) is 5.53. The maximum Gasteiger partial charge on any atom is 0.0476 e. The zero-order valence-electron chi connectivity index (χ0n) is 11.2. The lowest BCUT2D eigenvalue weighted by Crippen LogP contribution is -1.94. The lowest BCUT2D eigenvalue weighted by atomic mass is 10.00. The number of rotatable bonds is 3. The molecule has 3 rings (SSSR count). The van der Waals surface area contributed by atoms with Gasteiger partial charge in [0.1, 0.15) is 0 Å². The molecule has 0 spiro atoms. The van der Waals surface area contributed by atoms with E-state index >= 15 is 0 Å². The first-order valence-electron chi connectivity index (χ1n) is 6.84. The summed E-state index contributed by atoms with van der Waals surface area (Å²) in [6.45, 7) is 0. The van der Waals surface area contributed by atoms with Crippen LogP contribution in [-0.2, 0) is 19.3 Å². The van der Waals surface area contributed by atoms with Crippen molar-refractivity contribution >= 4 is 17.3 Å². The summed E-state index contributed by atoms with van der Waals surface area (Å²) in [6.07, 6.45) is 4.48. The van der Waals surface area contributed by atoms with Gasteiger partial charge in [-0.15, -0.1) is 0 Å². The molecule has 0 radical (unpaired) electrons. The number of fused-ring (bicyclic) bond motifs is 1. The van der Waals surface area contributed by atoms with Crippen LogP contribution >= 0.6 is 11.6 Å². The molecular weight excluding hydrogens is 254 g/mol. The molecule has 19 heavy (non-hydrogen) atoms. The fourth-order valence-corrected chi connectivity index (χ4v) is 3.16. The summed E-state index contributed by atoms with van der Waals surface area (Å²) < 4.78 is 0. The number of benzene rings is 2. The molecule has 2 aromatic carbocycles. The van der Waals surface area contributed by atoms with E-state index in [1.807, 2.05) is 7.05 Å². The molecule has 0 amide bonds. The minimum absolute atomic E-state index is 0.913. The molecule has 1 nitrogen and oxygen atoms in total. The van der Waals surface area contributed by atoms with Gasteiger partial charge < -0.3 is 5.32 Å². The van der Waals surface area contributed by atoms with E-state index in [0.717, 1.165) is 23.6 Å². The van der Waals surface area contributed by atoms with E-state index in [-0.39, 0.29) is 0 Å². The van der Waals surface area contributed by atoms with Crippen molar-refractivity contribution < 1.29 is 0 Å². The number of hydrogen-bond donors (Lipinski definition) is 1. The Kier molecular flexibility index (Phi) is 3.48. The number of anilines is 1. The minimum Gasteiger partial charge on any atom is -0.388 e. The van der Waals surface area contributed by atoms with Crippen LogP contribution in [0.25, 0.3) is 0 Å². The summed E-state index contributed by atoms with van der Waals surface area (Å²) >= 11 is 6.55. The molecule has 2 heteroatoms. The van der Waals surface area contributed by atoms with Gasteiger partial charge >= 0.3 is 0 Å². The number of hydrogen-bond acceptors (Lipinski definition) is 1. The molecule has 1 aliphatic rings. The molecule has 0 bridgehead atoms. The lowest BCUT2D eigenvalue weighted by molar-refractivity contribution is 0.911. The van der Waals surface area contributed by atoms with Crippen LogP contribution in [0.4, 0.5) is 5.69 Å². The van der Waals surface area contributed by atoms with Crippen LogP contribution in [0, 0.1) is 0 Å². The van der Waals surface area contributed by atoms with Crippen molar-refractivity contribution in [3.8, 4) is 0 Å². The predicted octanol–water partition coefficient (Wildman–Crippen LogP) is 4.46. The zero-order chi connectivity index (χ0) is 13.2. The van der Waals surface area contributed by atoms with E-state index in [0.29, 0.717) is 0 Å². The molecule has 0 saturated carbocycles. The zero-order valence-corrected chi connectivity index (χ0v) is 11.9. The lowest BCUT2D eigenvalue weighted by Gasteiger charge is -2.10. The topological polar surface area (TPSA) is 12.0 Å². The van der Waals surface area contributed by atoms with Gasteiger partial charge in [0.2, 0.25) is 0 Å². The predicted molar refractivity (Wildman–Crippen MR) is 82.3 cm³/mol. The smallest absolute Gasteiger partial charge is 0.0476 e. The maximum absolute atomic E-state index is 6.55. The Balaban J connectivity index is 1.86. The number of halogens is 1. The average Bonchev–Trinajstić information content (AvgIpc) is 2.92. The van der Waals surface area contributed by atoms with Crippen LogP contribution in [-0.4, -0.2) is 7.05 Å². The Labute approximate surface area is 119 Å². The molecular formula is C17H18ClN. The second-order valence-electron chi connectivity index (χ2n) is 5.15. The summed E-state index contributed by atoms with van der Waals surface area (Å²) in [5.74, 6) is 0. The molecule has 2 aromatic rings. The van der Waals surface area contributed by atoms with Gasteiger partial charge in [0, 0.05) is 17.8 Å². The first kappa shape index (κ1) is 12.6. The van der Waals surface area contributed by atoms with Crippen LogP contribution < -0.4 is 5.32 Å². The van der Waals surface area contributed by atoms with Gasteiger partial charge in [-0.25, -0.2) is 0 Å². The van der Waals surface area contributed by atoms with Gasteiger partial charge in [-0.2, -0.15) is 0 Å². The summed E-state index contributed by atoms with van der Waals surface area (Å²) in [4.78, 5) is 0. The molecule has 0 saturated heterocycles. The molecule has 0 atom stereocenters. The van der Waals surface area contributed by atoms with E-state index in [4.69, 9.17) is 11.6 Å². The SMILES string of the molecule is CNc1ccc(Cc2ccc3c(c2Cl)CCC3)cc1. The second kappa shape index (κ2) is 5.26. The minimum atomic E-state index is 0.913. The number of nitrogens with one attached hydrogen (secondary N) is 1. The molecule has 0 unspecified atom stereocenters. The van der Waals surface area contributed by atoms with Crippen molar-refractivity contribution in [2.75, 3.05) is 12.4 Å². The molecule has 0 fully saturated rings. The fourth-order valence-electron chi connectivity index (χ4n) is 2.82. The van der Waals surface area contributed by atoms with Crippen molar-refractivity contribution in [2.24, 2.45) is 0 Å². The quantitative estimate of drug-likeness (QED) is 0.869. The standard InChI is InChI=1S/C17H18ClN/c1-19-15-9-5-12(6-10-15)11-14-8-7-13-3-2-4-16(13)17(14)18/h5-10,19H,2-4,11H2,1H3. The first-order chi connectivity index (χ1) is 9.28. The largest absolute Gasteiger partial charge is 0.388 e. The molecule has 1 aliphatic carbocycles. The molecule has 1 N–H and O–H groups in total. The Hall–Kier alpha value is -1.47. The highest BCUT2D eigenvalue weighted by molar-refractivity contribution is 6.32. The monoisotopic (exact) mass is 271 g/mol. The number of aryl methyl sites for hydroxylation is 1. The van der Waals surface area contributed by atoms with E-state index in [2.05, 4.69) is 41.7 Å². The maximum atomic E-state index is 6.55. The van der Waals surface area contributed by atoms with Gasteiger partial charge in [-0.1, -0.05) is 35.9 Å².